The lowest BCUT2D eigenvalue weighted by Crippen LogP contribution is -2.40. The van der Waals surface area contributed by atoms with Crippen molar-refractivity contribution in [2.75, 3.05) is 38.2 Å². The highest BCUT2D eigenvalue weighted by Crippen LogP contribution is 2.19. The molecule has 1 saturated heterocycles. The first-order valence-electron chi connectivity index (χ1n) is 7.59. The van der Waals surface area contributed by atoms with Crippen LogP contribution < -0.4 is 11.1 Å². The van der Waals surface area contributed by atoms with Crippen LogP contribution in [0.3, 0.4) is 0 Å². The number of carbonyl (C=O) groups is 2. The predicted octanol–water partition coefficient (Wildman–Crippen LogP) is 1.14. The number of morpholine rings is 1. The summed E-state index contributed by atoms with van der Waals surface area (Å²) in [7, 11) is 0. The summed E-state index contributed by atoms with van der Waals surface area (Å²) in [6, 6.07) is 5.39. The van der Waals surface area contributed by atoms with E-state index in [2.05, 4.69) is 5.32 Å². The number of ether oxygens (including phenoxy) is 1. The SMILES string of the molecule is Cc1ccc(C(=O)N2CCOCC2)cc1NC(=O)CCCN. The zero-order valence-corrected chi connectivity index (χ0v) is 12.9. The summed E-state index contributed by atoms with van der Waals surface area (Å²) < 4.78 is 5.26. The smallest absolute Gasteiger partial charge is 0.254 e. The molecule has 2 amide bonds. The van der Waals surface area contributed by atoms with E-state index in [-0.39, 0.29) is 11.8 Å². The molecular weight excluding hydrogens is 282 g/mol. The molecule has 1 aliphatic rings. The quantitative estimate of drug-likeness (QED) is 0.854. The van der Waals surface area contributed by atoms with Crippen LogP contribution in [-0.4, -0.2) is 49.6 Å². The van der Waals surface area contributed by atoms with Gasteiger partial charge in [-0.15, -0.1) is 0 Å². The maximum atomic E-state index is 12.5. The number of rotatable bonds is 5. The van der Waals surface area contributed by atoms with Gasteiger partial charge < -0.3 is 20.7 Å². The molecule has 0 atom stereocenters. The molecule has 2 rings (SSSR count). The molecule has 0 radical (unpaired) electrons. The molecule has 3 N–H and O–H groups in total. The van der Waals surface area contributed by atoms with Crippen molar-refractivity contribution in [1.82, 2.24) is 4.90 Å². The zero-order chi connectivity index (χ0) is 15.9. The molecule has 6 heteroatoms. The molecule has 0 spiro atoms. The first-order valence-corrected chi connectivity index (χ1v) is 7.59. The van der Waals surface area contributed by atoms with Crippen molar-refractivity contribution in [3.05, 3.63) is 29.3 Å². The molecule has 0 unspecified atom stereocenters. The number of amides is 2. The summed E-state index contributed by atoms with van der Waals surface area (Å²) in [6.07, 6.45) is 1.04. The third-order valence-corrected chi connectivity index (χ3v) is 3.66. The first kappa shape index (κ1) is 16.5. The molecule has 0 aromatic heterocycles. The number of nitrogens with two attached hydrogens (primary N) is 1. The molecular formula is C16H23N3O3. The Labute approximate surface area is 130 Å². The summed E-state index contributed by atoms with van der Waals surface area (Å²) in [4.78, 5) is 26.1. The maximum absolute atomic E-state index is 12.5. The predicted molar refractivity (Wildman–Crippen MR) is 84.8 cm³/mol. The van der Waals surface area contributed by atoms with Gasteiger partial charge in [0.05, 0.1) is 13.2 Å². The highest BCUT2D eigenvalue weighted by molar-refractivity contribution is 5.97. The molecule has 1 heterocycles. The van der Waals surface area contributed by atoms with Crippen molar-refractivity contribution in [3.8, 4) is 0 Å². The van der Waals surface area contributed by atoms with Gasteiger partial charge in [-0.3, -0.25) is 9.59 Å². The Bertz CT molecular complexity index is 539. The Morgan fingerprint density at radius 3 is 2.73 bits per heavy atom. The fraction of sp³-hybridized carbons (Fsp3) is 0.500. The van der Waals surface area contributed by atoms with Crippen LogP contribution in [-0.2, 0) is 9.53 Å². The summed E-state index contributed by atoms with van der Waals surface area (Å²) >= 11 is 0. The van der Waals surface area contributed by atoms with Gasteiger partial charge in [0.2, 0.25) is 5.91 Å². The topological polar surface area (TPSA) is 84.7 Å². The summed E-state index contributed by atoms with van der Waals surface area (Å²) in [5.74, 6) is -0.106. The number of nitrogens with one attached hydrogen (secondary N) is 1. The fourth-order valence-corrected chi connectivity index (χ4v) is 2.31. The third kappa shape index (κ3) is 4.29. The van der Waals surface area contributed by atoms with E-state index in [4.69, 9.17) is 10.5 Å². The molecule has 1 aliphatic heterocycles. The van der Waals surface area contributed by atoms with Crippen molar-refractivity contribution < 1.29 is 14.3 Å². The van der Waals surface area contributed by atoms with Crippen LogP contribution in [0, 0.1) is 6.92 Å². The second-order valence-electron chi connectivity index (χ2n) is 5.37. The van der Waals surface area contributed by atoms with Crippen LogP contribution in [0.5, 0.6) is 0 Å². The van der Waals surface area contributed by atoms with Crippen molar-refractivity contribution in [1.29, 1.82) is 0 Å². The number of hydrogen-bond donors (Lipinski definition) is 2. The van der Waals surface area contributed by atoms with Gasteiger partial charge in [0, 0.05) is 30.8 Å². The third-order valence-electron chi connectivity index (χ3n) is 3.66. The molecule has 0 saturated carbocycles. The molecule has 120 valence electrons. The number of hydrogen-bond acceptors (Lipinski definition) is 4. The lowest BCUT2D eigenvalue weighted by Gasteiger charge is -2.27. The average Bonchev–Trinajstić information content (AvgIpc) is 2.55. The Balaban J connectivity index is 2.08. The van der Waals surface area contributed by atoms with E-state index in [0.29, 0.717) is 56.9 Å². The minimum absolute atomic E-state index is 0.0271. The standard InChI is InChI=1S/C16H23N3O3/c1-12-4-5-13(16(21)19-7-9-22-10-8-19)11-14(12)18-15(20)3-2-6-17/h4-5,11H,2-3,6-10,17H2,1H3,(H,18,20). The molecule has 22 heavy (non-hydrogen) atoms. The highest BCUT2D eigenvalue weighted by Gasteiger charge is 2.19. The molecule has 0 aliphatic carbocycles. The molecule has 1 fully saturated rings. The summed E-state index contributed by atoms with van der Waals surface area (Å²) in [6.45, 7) is 4.74. The molecule has 1 aromatic rings. The number of carbonyl (C=O) groups excluding carboxylic acids is 2. The van der Waals surface area contributed by atoms with Gasteiger partial charge in [-0.05, 0) is 37.6 Å². The Morgan fingerprint density at radius 2 is 2.05 bits per heavy atom. The van der Waals surface area contributed by atoms with Gasteiger partial charge in [-0.2, -0.15) is 0 Å². The second kappa shape index (κ2) is 7.91. The van der Waals surface area contributed by atoms with E-state index in [1.165, 1.54) is 0 Å². The average molecular weight is 305 g/mol. The van der Waals surface area contributed by atoms with E-state index in [9.17, 15) is 9.59 Å². The van der Waals surface area contributed by atoms with Crippen LogP contribution in [0.2, 0.25) is 0 Å². The van der Waals surface area contributed by atoms with Crippen LogP contribution in [0.1, 0.15) is 28.8 Å². The van der Waals surface area contributed by atoms with Crippen LogP contribution in [0.4, 0.5) is 5.69 Å². The number of anilines is 1. The van der Waals surface area contributed by atoms with E-state index in [0.717, 1.165) is 5.56 Å². The normalized spacial score (nSPS) is 14.7. The molecule has 1 aromatic carbocycles. The van der Waals surface area contributed by atoms with Crippen LogP contribution in [0.25, 0.3) is 0 Å². The summed E-state index contributed by atoms with van der Waals surface area (Å²) in [5, 5.41) is 2.85. The van der Waals surface area contributed by atoms with Crippen molar-refractivity contribution in [2.24, 2.45) is 5.73 Å². The fourth-order valence-electron chi connectivity index (χ4n) is 2.31. The Hall–Kier alpha value is -1.92. The van der Waals surface area contributed by atoms with Gasteiger partial charge in [-0.1, -0.05) is 6.07 Å². The summed E-state index contributed by atoms with van der Waals surface area (Å²) in [5.41, 5.74) is 7.60. The number of nitrogens with zero attached hydrogens (tertiary/aromatic N) is 1. The van der Waals surface area contributed by atoms with Crippen LogP contribution in [0.15, 0.2) is 18.2 Å². The largest absolute Gasteiger partial charge is 0.378 e. The minimum atomic E-state index is -0.0791. The van der Waals surface area contributed by atoms with Gasteiger partial charge in [0.25, 0.3) is 5.91 Å². The van der Waals surface area contributed by atoms with Crippen LogP contribution >= 0.6 is 0 Å². The van der Waals surface area contributed by atoms with E-state index in [1.54, 1.807) is 17.0 Å². The monoisotopic (exact) mass is 305 g/mol. The lowest BCUT2D eigenvalue weighted by molar-refractivity contribution is -0.116. The zero-order valence-electron chi connectivity index (χ0n) is 12.9. The maximum Gasteiger partial charge on any atom is 0.254 e. The Morgan fingerprint density at radius 1 is 1.32 bits per heavy atom. The van der Waals surface area contributed by atoms with Crippen molar-refractivity contribution in [3.63, 3.8) is 0 Å². The first-order chi connectivity index (χ1) is 10.6. The molecule has 6 nitrogen and oxygen atoms in total. The molecule has 0 bridgehead atoms. The van der Waals surface area contributed by atoms with E-state index < -0.39 is 0 Å². The van der Waals surface area contributed by atoms with Gasteiger partial charge >= 0.3 is 0 Å². The van der Waals surface area contributed by atoms with Crippen molar-refractivity contribution in [2.45, 2.75) is 19.8 Å². The van der Waals surface area contributed by atoms with E-state index >= 15 is 0 Å². The number of aryl methyl sites for hydroxylation is 1. The van der Waals surface area contributed by atoms with E-state index in [1.807, 2.05) is 13.0 Å². The minimum Gasteiger partial charge on any atom is -0.378 e. The highest BCUT2D eigenvalue weighted by atomic mass is 16.5. The number of benzene rings is 1. The van der Waals surface area contributed by atoms with Gasteiger partial charge in [0.1, 0.15) is 0 Å². The lowest BCUT2D eigenvalue weighted by atomic mass is 10.1. The van der Waals surface area contributed by atoms with Crippen molar-refractivity contribution >= 4 is 17.5 Å². The second-order valence-corrected chi connectivity index (χ2v) is 5.37. The van der Waals surface area contributed by atoms with Gasteiger partial charge in [0.15, 0.2) is 0 Å². The Kier molecular flexibility index (Phi) is 5.91. The van der Waals surface area contributed by atoms with Gasteiger partial charge in [-0.25, -0.2) is 0 Å².